The van der Waals surface area contributed by atoms with Crippen molar-refractivity contribution in [3.8, 4) is 56.1 Å². The highest BCUT2D eigenvalue weighted by molar-refractivity contribution is 7.25. The van der Waals surface area contributed by atoms with Gasteiger partial charge in [-0.1, -0.05) is 115 Å². The van der Waals surface area contributed by atoms with Gasteiger partial charge in [0, 0.05) is 72.6 Å². The van der Waals surface area contributed by atoms with Gasteiger partial charge in [-0.2, -0.15) is 0 Å². The van der Waals surface area contributed by atoms with Gasteiger partial charge >= 0.3 is 0 Å². The minimum absolute atomic E-state index is 0.873. The molecule has 63 heavy (non-hydrogen) atoms. The molecule has 5 nitrogen and oxygen atoms in total. The van der Waals surface area contributed by atoms with Crippen LogP contribution in [-0.4, -0.2) is 24.1 Å². The summed E-state index contributed by atoms with van der Waals surface area (Å²) in [6, 6.07) is 69.6. The van der Waals surface area contributed by atoms with Crippen molar-refractivity contribution >= 4 is 75.3 Å². The summed E-state index contributed by atoms with van der Waals surface area (Å²) in [5, 5.41) is 5.97. The van der Waals surface area contributed by atoms with Gasteiger partial charge in [0.2, 0.25) is 0 Å². The lowest BCUT2D eigenvalue weighted by atomic mass is 9.99. The first kappa shape index (κ1) is 35.6. The predicted molar refractivity (Wildman–Crippen MR) is 263 cm³/mol. The normalized spacial score (nSPS) is 11.8. The molecule has 0 N–H and O–H groups in total. The third kappa shape index (κ3) is 5.80. The lowest BCUT2D eigenvalue weighted by molar-refractivity contribution is 1.08. The zero-order valence-corrected chi connectivity index (χ0v) is 34.7. The van der Waals surface area contributed by atoms with E-state index >= 15 is 0 Å². The highest BCUT2D eigenvalue weighted by atomic mass is 32.1. The molecule has 0 amide bonds. The monoisotopic (exact) mass is 821 g/mol. The van der Waals surface area contributed by atoms with E-state index in [-0.39, 0.29) is 0 Å². The number of para-hydroxylation sites is 2. The standard InChI is InChI=1S/C57H35N5S/c1-3-12-36(13-4-1)40-30-49(37-14-5-2-6-15-37)60-56(32-40)62-51-19-10-7-16-44(51)46-24-21-39(31-53(46)62)42-28-41(34-58-35-42)38-22-25-52-47(29-38)45-17-8-9-18-50(45)61(52)43-23-26-54-48(33-43)57-55(63-54)20-11-27-59-57/h1-35H. The van der Waals surface area contributed by atoms with Crippen molar-refractivity contribution < 1.29 is 0 Å². The van der Waals surface area contributed by atoms with Gasteiger partial charge in [-0.05, 0) is 101 Å². The fourth-order valence-electron chi connectivity index (χ4n) is 9.49. The summed E-state index contributed by atoms with van der Waals surface area (Å²) in [5.41, 5.74) is 15.3. The summed E-state index contributed by atoms with van der Waals surface area (Å²) in [6.45, 7) is 0. The highest BCUT2D eigenvalue weighted by Gasteiger charge is 2.19. The van der Waals surface area contributed by atoms with E-state index in [0.717, 1.165) is 78.2 Å². The van der Waals surface area contributed by atoms with Crippen molar-refractivity contribution in [1.29, 1.82) is 0 Å². The van der Waals surface area contributed by atoms with Crippen LogP contribution in [0.3, 0.4) is 0 Å². The second-order valence-electron chi connectivity index (χ2n) is 16.1. The van der Waals surface area contributed by atoms with Gasteiger partial charge in [-0.15, -0.1) is 11.3 Å². The van der Waals surface area contributed by atoms with E-state index in [0.29, 0.717) is 0 Å². The smallest absolute Gasteiger partial charge is 0.138 e. The lowest BCUT2D eigenvalue weighted by Gasteiger charge is -2.13. The molecule has 6 heteroatoms. The molecular formula is C57H35N5S. The van der Waals surface area contributed by atoms with E-state index in [4.69, 9.17) is 15.0 Å². The van der Waals surface area contributed by atoms with E-state index < -0.39 is 0 Å². The molecule has 294 valence electrons. The average Bonchev–Trinajstić information content (AvgIpc) is 4.01. The Morgan fingerprint density at radius 3 is 1.84 bits per heavy atom. The Morgan fingerprint density at radius 1 is 0.365 bits per heavy atom. The number of nitrogens with zero attached hydrogens (tertiary/aromatic N) is 5. The number of hydrogen-bond acceptors (Lipinski definition) is 4. The maximum absolute atomic E-state index is 5.36. The number of thiophene rings is 1. The van der Waals surface area contributed by atoms with E-state index in [9.17, 15) is 0 Å². The van der Waals surface area contributed by atoms with Crippen LogP contribution in [0.5, 0.6) is 0 Å². The molecule has 13 rings (SSSR count). The maximum Gasteiger partial charge on any atom is 0.138 e. The fourth-order valence-corrected chi connectivity index (χ4v) is 10.5. The molecule has 0 saturated heterocycles. The Labute approximate surface area is 366 Å². The van der Waals surface area contributed by atoms with Crippen molar-refractivity contribution in [2.24, 2.45) is 0 Å². The third-order valence-electron chi connectivity index (χ3n) is 12.4. The van der Waals surface area contributed by atoms with E-state index in [2.05, 4.69) is 191 Å². The molecule has 0 atom stereocenters. The quantitative estimate of drug-likeness (QED) is 0.168. The van der Waals surface area contributed by atoms with E-state index in [1.807, 2.05) is 30.7 Å². The lowest BCUT2D eigenvalue weighted by Crippen LogP contribution is -2.00. The van der Waals surface area contributed by atoms with Crippen molar-refractivity contribution in [2.75, 3.05) is 0 Å². The summed E-state index contributed by atoms with van der Waals surface area (Å²) < 4.78 is 7.16. The summed E-state index contributed by atoms with van der Waals surface area (Å²) >= 11 is 1.79. The van der Waals surface area contributed by atoms with Gasteiger partial charge in [0.05, 0.1) is 38.0 Å². The van der Waals surface area contributed by atoms with Crippen molar-refractivity contribution in [2.45, 2.75) is 0 Å². The summed E-state index contributed by atoms with van der Waals surface area (Å²) in [5.74, 6) is 0.873. The van der Waals surface area contributed by atoms with Gasteiger partial charge in [0.1, 0.15) is 5.82 Å². The maximum atomic E-state index is 5.36. The number of benzene rings is 7. The molecule has 0 aliphatic carbocycles. The summed E-state index contributed by atoms with van der Waals surface area (Å²) in [7, 11) is 0. The first-order chi connectivity index (χ1) is 31.2. The largest absolute Gasteiger partial charge is 0.309 e. The number of pyridine rings is 3. The van der Waals surface area contributed by atoms with Gasteiger partial charge in [-0.3, -0.25) is 14.5 Å². The van der Waals surface area contributed by atoms with Crippen LogP contribution in [0.2, 0.25) is 0 Å². The Morgan fingerprint density at radius 2 is 1.03 bits per heavy atom. The number of fused-ring (bicyclic) bond motifs is 9. The highest BCUT2D eigenvalue weighted by Crippen LogP contribution is 2.40. The average molecular weight is 822 g/mol. The first-order valence-electron chi connectivity index (χ1n) is 21.2. The topological polar surface area (TPSA) is 48.5 Å². The number of rotatable bonds is 6. The molecule has 0 unspecified atom stereocenters. The molecule has 0 fully saturated rings. The second kappa shape index (κ2) is 14.2. The molecule has 0 aliphatic rings. The molecule has 0 bridgehead atoms. The fraction of sp³-hybridized carbons (Fsp3) is 0. The van der Waals surface area contributed by atoms with Crippen LogP contribution in [0.4, 0.5) is 0 Å². The van der Waals surface area contributed by atoms with Crippen LogP contribution in [0.1, 0.15) is 0 Å². The number of aromatic nitrogens is 5. The molecular weight excluding hydrogens is 787 g/mol. The minimum Gasteiger partial charge on any atom is -0.309 e. The van der Waals surface area contributed by atoms with Crippen molar-refractivity contribution in [3.05, 3.63) is 213 Å². The van der Waals surface area contributed by atoms with Gasteiger partial charge in [-0.25, -0.2) is 4.98 Å². The van der Waals surface area contributed by atoms with Gasteiger partial charge < -0.3 is 4.57 Å². The second-order valence-corrected chi connectivity index (χ2v) is 17.2. The Bertz CT molecular complexity index is 3860. The molecule has 7 aromatic carbocycles. The third-order valence-corrected chi connectivity index (χ3v) is 13.6. The Hall–Kier alpha value is -8.19. The summed E-state index contributed by atoms with van der Waals surface area (Å²) in [6.07, 6.45) is 5.84. The molecule has 0 aliphatic heterocycles. The predicted octanol–water partition coefficient (Wildman–Crippen LogP) is 15.1. The molecule has 6 aromatic heterocycles. The van der Waals surface area contributed by atoms with Gasteiger partial charge in [0.25, 0.3) is 0 Å². The summed E-state index contributed by atoms with van der Waals surface area (Å²) in [4.78, 5) is 15.0. The molecule has 6 heterocycles. The Kier molecular flexibility index (Phi) is 8.01. The zero-order valence-electron chi connectivity index (χ0n) is 33.9. The molecule has 13 aromatic rings. The van der Waals surface area contributed by atoms with Crippen LogP contribution in [0.15, 0.2) is 213 Å². The van der Waals surface area contributed by atoms with Gasteiger partial charge in [0.15, 0.2) is 0 Å². The Balaban J connectivity index is 0.942. The van der Waals surface area contributed by atoms with Crippen LogP contribution in [0, 0.1) is 0 Å². The number of hydrogen-bond donors (Lipinski definition) is 0. The van der Waals surface area contributed by atoms with Crippen LogP contribution >= 0.6 is 11.3 Å². The van der Waals surface area contributed by atoms with Crippen molar-refractivity contribution in [3.63, 3.8) is 0 Å². The molecule has 0 saturated carbocycles. The van der Waals surface area contributed by atoms with Crippen molar-refractivity contribution in [1.82, 2.24) is 24.1 Å². The molecule has 0 radical (unpaired) electrons. The molecule has 0 spiro atoms. The van der Waals surface area contributed by atoms with E-state index in [1.54, 1.807) is 11.3 Å². The van der Waals surface area contributed by atoms with Crippen LogP contribution < -0.4 is 0 Å². The van der Waals surface area contributed by atoms with Crippen LogP contribution in [-0.2, 0) is 0 Å². The van der Waals surface area contributed by atoms with Crippen LogP contribution in [0.25, 0.3) is 120 Å². The van der Waals surface area contributed by atoms with E-state index in [1.165, 1.54) is 41.8 Å². The minimum atomic E-state index is 0.873. The zero-order chi connectivity index (χ0) is 41.4. The first-order valence-corrected chi connectivity index (χ1v) is 22.0. The SMILES string of the molecule is c1ccc(-c2cc(-c3ccccc3)nc(-n3c4ccccc4c4ccc(-c5cncc(-c6ccc7c(c6)c6ccccc6n7-c6ccc7sc8cccnc8c7c6)c5)cc43)c2)cc1.